The second-order valence-corrected chi connectivity index (χ2v) is 3.50. The lowest BCUT2D eigenvalue weighted by Gasteiger charge is -2.13. The summed E-state index contributed by atoms with van der Waals surface area (Å²) in [5.74, 6) is 0. The van der Waals surface area contributed by atoms with Crippen LogP contribution in [0.5, 0.6) is 0 Å². The lowest BCUT2D eigenvalue weighted by molar-refractivity contribution is -0.137. The van der Waals surface area contributed by atoms with Crippen LogP contribution in [0.15, 0.2) is 12.4 Å². The van der Waals surface area contributed by atoms with Crippen LogP contribution in [0.2, 0.25) is 0 Å². The van der Waals surface area contributed by atoms with Crippen LogP contribution in [0, 0.1) is 0 Å². The van der Waals surface area contributed by atoms with Gasteiger partial charge in [0.1, 0.15) is 6.04 Å². The minimum atomic E-state index is -4.38. The number of rotatable bonds is 3. The molecule has 0 saturated heterocycles. The lowest BCUT2D eigenvalue weighted by Crippen LogP contribution is -2.24. The maximum atomic E-state index is 12.3. The first-order valence-corrected chi connectivity index (χ1v) is 4.67. The third kappa shape index (κ3) is 2.68. The largest absolute Gasteiger partial charge is 0.419 e. The van der Waals surface area contributed by atoms with E-state index in [0.717, 1.165) is 17.1 Å². The van der Waals surface area contributed by atoms with E-state index < -0.39 is 17.8 Å². The first kappa shape index (κ1) is 12.0. The third-order valence-electron chi connectivity index (χ3n) is 1.96. The summed E-state index contributed by atoms with van der Waals surface area (Å²) >= 11 is 4.74. The van der Waals surface area contributed by atoms with E-state index in [-0.39, 0.29) is 4.99 Å². The van der Waals surface area contributed by atoms with Gasteiger partial charge in [0.2, 0.25) is 0 Å². The molecule has 0 saturated carbocycles. The molecule has 0 radical (unpaired) electrons. The molecule has 2 N–H and O–H groups in total. The maximum absolute atomic E-state index is 12.3. The highest BCUT2D eigenvalue weighted by molar-refractivity contribution is 7.80. The molecular formula is C8H10F3N3S. The van der Waals surface area contributed by atoms with Gasteiger partial charge in [0.25, 0.3) is 0 Å². The van der Waals surface area contributed by atoms with E-state index >= 15 is 0 Å². The third-order valence-corrected chi connectivity index (χ3v) is 2.24. The zero-order valence-corrected chi connectivity index (χ0v) is 8.77. The number of hydrogen-bond donors (Lipinski definition) is 1. The molecule has 0 aliphatic heterocycles. The standard InChI is InChI=1S/C8H10F3N3S/c1-2-6(7(12)15)14-4-5(3-13-14)8(9,10)11/h3-4,6H,2H2,1H3,(H2,12,15). The molecule has 0 amide bonds. The Kier molecular flexibility index (Phi) is 3.33. The molecule has 1 aromatic rings. The van der Waals surface area contributed by atoms with Crippen LogP contribution < -0.4 is 5.73 Å². The molecule has 15 heavy (non-hydrogen) atoms. The molecule has 0 aromatic carbocycles. The molecule has 0 aliphatic carbocycles. The Morgan fingerprint density at radius 3 is 2.60 bits per heavy atom. The van der Waals surface area contributed by atoms with E-state index in [1.165, 1.54) is 0 Å². The number of nitrogens with two attached hydrogens (primary N) is 1. The molecule has 0 aliphatic rings. The van der Waals surface area contributed by atoms with Crippen LogP contribution in [0.1, 0.15) is 24.9 Å². The van der Waals surface area contributed by atoms with Gasteiger partial charge in [-0.05, 0) is 6.42 Å². The Morgan fingerprint density at radius 2 is 2.27 bits per heavy atom. The molecule has 84 valence electrons. The topological polar surface area (TPSA) is 43.8 Å². The zero-order chi connectivity index (χ0) is 11.6. The normalized spacial score (nSPS) is 13.9. The minimum absolute atomic E-state index is 0.134. The zero-order valence-electron chi connectivity index (χ0n) is 7.95. The van der Waals surface area contributed by atoms with E-state index in [0.29, 0.717) is 6.42 Å². The van der Waals surface area contributed by atoms with Crippen LogP contribution in [-0.2, 0) is 6.18 Å². The summed E-state index contributed by atoms with van der Waals surface area (Å²) in [6.45, 7) is 1.78. The molecule has 1 atom stereocenters. The molecule has 1 aromatic heterocycles. The average molecular weight is 237 g/mol. The summed E-state index contributed by atoms with van der Waals surface area (Å²) in [7, 11) is 0. The first-order valence-electron chi connectivity index (χ1n) is 4.27. The van der Waals surface area contributed by atoms with Crippen molar-refractivity contribution in [2.24, 2.45) is 5.73 Å². The second kappa shape index (κ2) is 4.18. The molecule has 1 unspecified atom stereocenters. The van der Waals surface area contributed by atoms with Crippen molar-refractivity contribution in [3.05, 3.63) is 18.0 Å². The number of nitrogens with zero attached hydrogens (tertiary/aromatic N) is 2. The summed E-state index contributed by atoms with van der Waals surface area (Å²) in [6.07, 6.45) is -2.20. The van der Waals surface area contributed by atoms with Gasteiger partial charge in [0.15, 0.2) is 0 Å². The van der Waals surface area contributed by atoms with Crippen LogP contribution >= 0.6 is 12.2 Å². The van der Waals surface area contributed by atoms with Gasteiger partial charge in [0.05, 0.1) is 16.7 Å². The fraction of sp³-hybridized carbons (Fsp3) is 0.500. The van der Waals surface area contributed by atoms with Gasteiger partial charge in [-0.15, -0.1) is 0 Å². The van der Waals surface area contributed by atoms with Crippen molar-refractivity contribution < 1.29 is 13.2 Å². The fourth-order valence-electron chi connectivity index (χ4n) is 1.17. The van der Waals surface area contributed by atoms with Crippen LogP contribution in [0.4, 0.5) is 13.2 Å². The van der Waals surface area contributed by atoms with Crippen molar-refractivity contribution in [1.29, 1.82) is 0 Å². The van der Waals surface area contributed by atoms with Crippen molar-refractivity contribution in [2.45, 2.75) is 25.6 Å². The number of aromatic nitrogens is 2. The number of thiocarbonyl (C=S) groups is 1. The number of halogens is 3. The summed E-state index contributed by atoms with van der Waals surface area (Å²) in [5, 5.41) is 3.60. The molecule has 0 bridgehead atoms. The van der Waals surface area contributed by atoms with E-state index in [1.807, 2.05) is 0 Å². The molecule has 3 nitrogen and oxygen atoms in total. The Balaban J connectivity index is 2.97. The Bertz CT molecular complexity index is 358. The molecular weight excluding hydrogens is 227 g/mol. The van der Waals surface area contributed by atoms with Crippen LogP contribution in [0.3, 0.4) is 0 Å². The van der Waals surface area contributed by atoms with Gasteiger partial charge in [-0.3, -0.25) is 4.68 Å². The highest BCUT2D eigenvalue weighted by Crippen LogP contribution is 2.29. The van der Waals surface area contributed by atoms with Gasteiger partial charge in [0, 0.05) is 6.20 Å². The quantitative estimate of drug-likeness (QED) is 0.819. The molecule has 0 fully saturated rings. The predicted octanol–water partition coefficient (Wildman–Crippen LogP) is 2.14. The van der Waals surface area contributed by atoms with Gasteiger partial charge < -0.3 is 5.73 Å². The predicted molar refractivity (Wildman–Crippen MR) is 53.3 cm³/mol. The smallest absolute Gasteiger partial charge is 0.392 e. The van der Waals surface area contributed by atoms with Gasteiger partial charge in [-0.25, -0.2) is 0 Å². The Hall–Kier alpha value is -1.11. The fourth-order valence-corrected chi connectivity index (χ4v) is 1.45. The van der Waals surface area contributed by atoms with Crippen molar-refractivity contribution in [3.63, 3.8) is 0 Å². The second-order valence-electron chi connectivity index (χ2n) is 3.03. The number of alkyl halides is 3. The minimum Gasteiger partial charge on any atom is -0.392 e. The SMILES string of the molecule is CCC(C(N)=S)n1cc(C(F)(F)F)cn1. The summed E-state index contributed by atoms with van der Waals surface area (Å²) in [4.78, 5) is 0.134. The lowest BCUT2D eigenvalue weighted by atomic mass is 10.2. The monoisotopic (exact) mass is 237 g/mol. The van der Waals surface area contributed by atoms with Crippen molar-refractivity contribution in [2.75, 3.05) is 0 Å². The molecule has 7 heteroatoms. The maximum Gasteiger partial charge on any atom is 0.419 e. The molecule has 1 heterocycles. The summed E-state index contributed by atoms with van der Waals surface area (Å²) < 4.78 is 37.9. The van der Waals surface area contributed by atoms with Crippen molar-refractivity contribution in [1.82, 2.24) is 9.78 Å². The van der Waals surface area contributed by atoms with E-state index in [2.05, 4.69) is 5.10 Å². The van der Waals surface area contributed by atoms with Gasteiger partial charge >= 0.3 is 6.18 Å². The molecule has 0 spiro atoms. The van der Waals surface area contributed by atoms with Crippen molar-refractivity contribution in [3.8, 4) is 0 Å². The van der Waals surface area contributed by atoms with Gasteiger partial charge in [-0.1, -0.05) is 19.1 Å². The van der Waals surface area contributed by atoms with Crippen molar-refractivity contribution >= 4 is 17.2 Å². The van der Waals surface area contributed by atoms with E-state index in [9.17, 15) is 13.2 Å². The Labute approximate surface area is 90.1 Å². The average Bonchev–Trinajstić information content (AvgIpc) is 2.52. The highest BCUT2D eigenvalue weighted by atomic mass is 32.1. The van der Waals surface area contributed by atoms with Gasteiger partial charge in [-0.2, -0.15) is 18.3 Å². The summed E-state index contributed by atoms with van der Waals surface area (Å²) in [6, 6.07) is -0.462. The molecule has 1 rings (SSSR count). The van der Waals surface area contributed by atoms with Crippen LogP contribution in [0.25, 0.3) is 0 Å². The Morgan fingerprint density at radius 1 is 1.67 bits per heavy atom. The first-order chi connectivity index (χ1) is 6.86. The van der Waals surface area contributed by atoms with E-state index in [4.69, 9.17) is 18.0 Å². The van der Waals surface area contributed by atoms with Crippen LogP contribution in [-0.4, -0.2) is 14.8 Å². The highest BCUT2D eigenvalue weighted by Gasteiger charge is 2.32. The van der Waals surface area contributed by atoms with E-state index in [1.54, 1.807) is 6.92 Å². The summed E-state index contributed by atoms with van der Waals surface area (Å²) in [5.41, 5.74) is 4.59. The number of hydrogen-bond acceptors (Lipinski definition) is 2.